The minimum absolute atomic E-state index is 0.0260. The Labute approximate surface area is 84.5 Å². The van der Waals surface area contributed by atoms with E-state index in [1.165, 1.54) is 6.42 Å². The molecule has 2 atom stereocenters. The highest BCUT2D eigenvalue weighted by Crippen LogP contribution is 2.32. The summed E-state index contributed by atoms with van der Waals surface area (Å²) in [5, 5.41) is 0. The third-order valence-electron chi connectivity index (χ3n) is 2.64. The topological polar surface area (TPSA) is 36.9 Å². The van der Waals surface area contributed by atoms with Gasteiger partial charge in [0.25, 0.3) is 5.97 Å². The van der Waals surface area contributed by atoms with Gasteiger partial charge in [0.05, 0.1) is 19.8 Å². The van der Waals surface area contributed by atoms with Crippen molar-refractivity contribution >= 4 is 0 Å². The van der Waals surface area contributed by atoms with Crippen LogP contribution in [0.2, 0.25) is 0 Å². The summed E-state index contributed by atoms with van der Waals surface area (Å²) < 4.78 is 22.0. The van der Waals surface area contributed by atoms with E-state index < -0.39 is 5.97 Å². The average Bonchev–Trinajstić information content (AvgIpc) is 2.43. The predicted octanol–water partition coefficient (Wildman–Crippen LogP) is 1.29. The van der Waals surface area contributed by atoms with E-state index in [0.29, 0.717) is 13.2 Å². The van der Waals surface area contributed by atoms with Crippen LogP contribution in [0.3, 0.4) is 0 Å². The summed E-state index contributed by atoms with van der Waals surface area (Å²) in [7, 11) is 1.67. The minimum atomic E-state index is -0.750. The molecule has 0 amide bonds. The van der Waals surface area contributed by atoms with Crippen LogP contribution in [0.1, 0.15) is 25.7 Å². The molecular weight excluding hydrogens is 184 g/mol. The van der Waals surface area contributed by atoms with Crippen molar-refractivity contribution in [3.05, 3.63) is 0 Å². The zero-order valence-electron chi connectivity index (χ0n) is 8.66. The van der Waals surface area contributed by atoms with E-state index in [1.54, 1.807) is 7.11 Å². The summed E-state index contributed by atoms with van der Waals surface area (Å²) in [6.45, 7) is 1.89. The van der Waals surface area contributed by atoms with Gasteiger partial charge in [0.2, 0.25) is 0 Å². The van der Waals surface area contributed by atoms with E-state index in [9.17, 15) is 0 Å². The van der Waals surface area contributed by atoms with E-state index in [0.717, 1.165) is 25.9 Å². The van der Waals surface area contributed by atoms with Crippen molar-refractivity contribution in [1.29, 1.82) is 0 Å². The van der Waals surface area contributed by atoms with E-state index in [2.05, 4.69) is 0 Å². The van der Waals surface area contributed by atoms with Crippen LogP contribution in [0.4, 0.5) is 0 Å². The maximum Gasteiger partial charge on any atom is 0.283 e. The first kappa shape index (κ1) is 10.4. The van der Waals surface area contributed by atoms with E-state index in [4.69, 9.17) is 18.9 Å². The number of methoxy groups -OCH3 is 1. The van der Waals surface area contributed by atoms with Crippen LogP contribution in [0.15, 0.2) is 0 Å². The van der Waals surface area contributed by atoms with E-state index in [-0.39, 0.29) is 6.10 Å². The van der Waals surface area contributed by atoms with Gasteiger partial charge in [-0.05, 0) is 12.8 Å². The highest BCUT2D eigenvalue weighted by molar-refractivity contribution is 4.73. The molecule has 2 heterocycles. The summed E-state index contributed by atoms with van der Waals surface area (Å²) in [5.41, 5.74) is 0. The average molecular weight is 202 g/mol. The highest BCUT2D eigenvalue weighted by Gasteiger charge is 2.43. The lowest BCUT2D eigenvalue weighted by molar-refractivity contribution is -0.337. The Hall–Kier alpha value is -0.160. The molecule has 0 aromatic carbocycles. The quantitative estimate of drug-likeness (QED) is 0.676. The Morgan fingerprint density at radius 1 is 1.29 bits per heavy atom. The van der Waals surface area contributed by atoms with Crippen LogP contribution in [-0.2, 0) is 18.9 Å². The molecule has 4 heteroatoms. The molecule has 0 N–H and O–H groups in total. The summed E-state index contributed by atoms with van der Waals surface area (Å²) in [6, 6.07) is 0. The van der Waals surface area contributed by atoms with Gasteiger partial charge in [0.1, 0.15) is 6.10 Å². The fraction of sp³-hybridized carbons (Fsp3) is 1.00. The van der Waals surface area contributed by atoms with Crippen molar-refractivity contribution < 1.29 is 18.9 Å². The zero-order chi connectivity index (χ0) is 9.86. The normalized spacial score (nSPS) is 38.8. The molecular formula is C10H18O4. The van der Waals surface area contributed by atoms with Gasteiger partial charge < -0.3 is 18.9 Å². The third kappa shape index (κ3) is 2.25. The van der Waals surface area contributed by atoms with Crippen molar-refractivity contribution in [3.63, 3.8) is 0 Å². The van der Waals surface area contributed by atoms with Crippen LogP contribution >= 0.6 is 0 Å². The van der Waals surface area contributed by atoms with Gasteiger partial charge in [-0.25, -0.2) is 0 Å². The van der Waals surface area contributed by atoms with Crippen molar-refractivity contribution in [1.82, 2.24) is 0 Å². The Balaban J connectivity index is 1.89. The van der Waals surface area contributed by atoms with Gasteiger partial charge in [0, 0.05) is 13.5 Å². The smallest absolute Gasteiger partial charge is 0.283 e. The van der Waals surface area contributed by atoms with Crippen molar-refractivity contribution in [3.8, 4) is 0 Å². The lowest BCUT2D eigenvalue weighted by Gasteiger charge is -2.25. The standard InChI is InChI=1S/C10H18O4/c1-11-7-9-8-13-10(14-9)5-3-2-4-6-12-10/h9H,2-8H2,1H3. The van der Waals surface area contributed by atoms with E-state index >= 15 is 0 Å². The monoisotopic (exact) mass is 202 g/mol. The van der Waals surface area contributed by atoms with E-state index in [1.807, 2.05) is 0 Å². The molecule has 2 fully saturated rings. The molecule has 2 aliphatic rings. The zero-order valence-corrected chi connectivity index (χ0v) is 8.66. The van der Waals surface area contributed by atoms with Gasteiger partial charge in [-0.2, -0.15) is 0 Å². The first-order chi connectivity index (χ1) is 6.85. The van der Waals surface area contributed by atoms with Crippen LogP contribution in [0, 0.1) is 0 Å². The fourth-order valence-corrected chi connectivity index (χ4v) is 1.94. The number of rotatable bonds is 2. The molecule has 0 aromatic heterocycles. The molecule has 0 radical (unpaired) electrons. The second kappa shape index (κ2) is 4.57. The molecule has 2 saturated heterocycles. The second-order valence-corrected chi connectivity index (χ2v) is 3.85. The molecule has 0 saturated carbocycles. The first-order valence-corrected chi connectivity index (χ1v) is 5.29. The minimum Gasteiger partial charge on any atom is -0.382 e. The van der Waals surface area contributed by atoms with Gasteiger partial charge in [-0.1, -0.05) is 6.42 Å². The largest absolute Gasteiger partial charge is 0.382 e. The summed E-state index contributed by atoms with van der Waals surface area (Å²) in [4.78, 5) is 0. The predicted molar refractivity (Wildman–Crippen MR) is 49.9 cm³/mol. The Kier molecular flexibility index (Phi) is 3.38. The first-order valence-electron chi connectivity index (χ1n) is 5.29. The van der Waals surface area contributed by atoms with Gasteiger partial charge >= 0.3 is 0 Å². The van der Waals surface area contributed by atoms with Crippen molar-refractivity contribution in [2.75, 3.05) is 26.9 Å². The summed E-state index contributed by atoms with van der Waals surface area (Å²) in [5.74, 6) is -0.750. The molecule has 2 unspecified atom stereocenters. The third-order valence-corrected chi connectivity index (χ3v) is 2.64. The van der Waals surface area contributed by atoms with Gasteiger partial charge in [-0.3, -0.25) is 0 Å². The molecule has 0 aliphatic carbocycles. The van der Waals surface area contributed by atoms with Crippen LogP contribution < -0.4 is 0 Å². The van der Waals surface area contributed by atoms with Crippen LogP contribution in [-0.4, -0.2) is 39.0 Å². The SMILES string of the molecule is COCC1COC2(CCCCCO2)O1. The van der Waals surface area contributed by atoms with Crippen LogP contribution in [0.5, 0.6) is 0 Å². The summed E-state index contributed by atoms with van der Waals surface area (Å²) >= 11 is 0. The molecule has 0 aromatic rings. The summed E-state index contributed by atoms with van der Waals surface area (Å²) in [6.07, 6.45) is 4.28. The number of hydrogen-bond donors (Lipinski definition) is 0. The maximum absolute atomic E-state index is 5.74. The van der Waals surface area contributed by atoms with Gasteiger partial charge in [-0.15, -0.1) is 0 Å². The fourth-order valence-electron chi connectivity index (χ4n) is 1.94. The molecule has 82 valence electrons. The van der Waals surface area contributed by atoms with Crippen LogP contribution in [0.25, 0.3) is 0 Å². The molecule has 14 heavy (non-hydrogen) atoms. The Morgan fingerprint density at radius 2 is 2.21 bits per heavy atom. The molecule has 4 nitrogen and oxygen atoms in total. The molecule has 1 spiro atoms. The Morgan fingerprint density at radius 3 is 3.07 bits per heavy atom. The van der Waals surface area contributed by atoms with Crippen molar-refractivity contribution in [2.24, 2.45) is 0 Å². The molecule has 2 rings (SSSR count). The number of ether oxygens (including phenoxy) is 4. The lowest BCUT2D eigenvalue weighted by Crippen LogP contribution is -2.34. The second-order valence-electron chi connectivity index (χ2n) is 3.85. The highest BCUT2D eigenvalue weighted by atomic mass is 16.9. The maximum atomic E-state index is 5.74. The Bertz CT molecular complexity index is 175. The molecule has 2 aliphatic heterocycles. The lowest BCUT2D eigenvalue weighted by atomic mass is 10.2. The van der Waals surface area contributed by atoms with Gasteiger partial charge in [0.15, 0.2) is 0 Å². The van der Waals surface area contributed by atoms with Crippen molar-refractivity contribution in [2.45, 2.75) is 37.8 Å². The number of hydrogen-bond acceptors (Lipinski definition) is 4. The molecule has 0 bridgehead atoms.